The Hall–Kier alpha value is -0.860. The third-order valence-corrected chi connectivity index (χ3v) is 4.41. The molecule has 0 N–H and O–H groups in total. The molecule has 0 aromatic heterocycles. The van der Waals surface area contributed by atoms with Gasteiger partial charge in [-0.25, -0.2) is 0 Å². The fourth-order valence-electron chi connectivity index (χ4n) is 3.07. The first-order chi connectivity index (χ1) is 11.0. The lowest BCUT2D eigenvalue weighted by atomic mass is 10.0. The van der Waals surface area contributed by atoms with Crippen LogP contribution in [0, 0.1) is 5.21 Å². The SMILES string of the molecule is CCCCCCCCCCCCc1ccc(C[N+](C)(C)[O-])cc1. The normalized spacial score (nSPS) is 11.8. The standard InChI is InChI=1S/C21H37NO/c1-4-5-6-7-8-9-10-11-12-13-14-20-15-17-21(18-16-20)19-22(2,3)23/h15-18H,4-14,19H2,1-3H3. The monoisotopic (exact) mass is 319 g/mol. The van der Waals surface area contributed by atoms with Crippen LogP contribution >= 0.6 is 0 Å². The van der Waals surface area contributed by atoms with E-state index in [4.69, 9.17) is 0 Å². The van der Waals surface area contributed by atoms with Crippen molar-refractivity contribution in [2.75, 3.05) is 14.1 Å². The van der Waals surface area contributed by atoms with E-state index in [0.717, 1.165) is 5.56 Å². The maximum absolute atomic E-state index is 11.7. The molecule has 0 atom stereocenters. The first-order valence-corrected chi connectivity index (χ1v) is 9.63. The third-order valence-electron chi connectivity index (χ3n) is 4.41. The van der Waals surface area contributed by atoms with Crippen molar-refractivity contribution in [2.45, 2.75) is 84.1 Å². The first kappa shape index (κ1) is 20.2. The predicted molar refractivity (Wildman–Crippen MR) is 101 cm³/mol. The highest BCUT2D eigenvalue weighted by Crippen LogP contribution is 2.14. The van der Waals surface area contributed by atoms with Gasteiger partial charge in [-0.1, -0.05) is 89.0 Å². The summed E-state index contributed by atoms with van der Waals surface area (Å²) < 4.78 is -0.252. The van der Waals surface area contributed by atoms with Crippen molar-refractivity contribution in [3.05, 3.63) is 40.6 Å². The molecule has 0 aliphatic rings. The lowest BCUT2D eigenvalue weighted by Crippen LogP contribution is -2.30. The number of nitrogens with zero attached hydrogens (tertiary/aromatic N) is 1. The lowest BCUT2D eigenvalue weighted by Gasteiger charge is -2.33. The van der Waals surface area contributed by atoms with Crippen LogP contribution in [0.1, 0.15) is 82.3 Å². The summed E-state index contributed by atoms with van der Waals surface area (Å²) in [5, 5.41) is 11.7. The van der Waals surface area contributed by atoms with Crippen LogP contribution in [0.4, 0.5) is 0 Å². The Morgan fingerprint density at radius 2 is 1.13 bits per heavy atom. The molecule has 0 spiro atoms. The number of rotatable bonds is 13. The van der Waals surface area contributed by atoms with E-state index in [-0.39, 0.29) is 4.65 Å². The summed E-state index contributed by atoms with van der Waals surface area (Å²) in [6, 6.07) is 8.62. The van der Waals surface area contributed by atoms with Gasteiger partial charge in [0.2, 0.25) is 0 Å². The minimum atomic E-state index is -0.252. The number of unbranched alkanes of at least 4 members (excludes halogenated alkanes) is 9. The van der Waals surface area contributed by atoms with Gasteiger partial charge in [-0.2, -0.15) is 0 Å². The van der Waals surface area contributed by atoms with Gasteiger partial charge in [0.25, 0.3) is 0 Å². The van der Waals surface area contributed by atoms with Crippen molar-refractivity contribution < 1.29 is 4.65 Å². The van der Waals surface area contributed by atoms with Gasteiger partial charge in [0.05, 0.1) is 14.1 Å². The van der Waals surface area contributed by atoms with Gasteiger partial charge >= 0.3 is 0 Å². The summed E-state index contributed by atoms with van der Waals surface area (Å²) in [4.78, 5) is 0. The maximum Gasteiger partial charge on any atom is 0.104 e. The molecule has 0 heterocycles. The van der Waals surface area contributed by atoms with Crippen LogP contribution in [-0.2, 0) is 13.0 Å². The average Bonchev–Trinajstić information content (AvgIpc) is 2.49. The van der Waals surface area contributed by atoms with Crippen LogP contribution in [0.5, 0.6) is 0 Å². The summed E-state index contributed by atoms with van der Waals surface area (Å²) in [7, 11) is 3.38. The number of quaternary nitrogens is 1. The van der Waals surface area contributed by atoms with Crippen molar-refractivity contribution in [3.63, 3.8) is 0 Å². The summed E-state index contributed by atoms with van der Waals surface area (Å²) in [6.45, 7) is 2.83. The van der Waals surface area contributed by atoms with E-state index in [2.05, 4.69) is 31.2 Å². The fraction of sp³-hybridized carbons (Fsp3) is 0.714. The highest BCUT2D eigenvalue weighted by Gasteiger charge is 2.04. The zero-order valence-electron chi connectivity index (χ0n) is 15.7. The largest absolute Gasteiger partial charge is 0.633 e. The Balaban J connectivity index is 2.03. The summed E-state index contributed by atoms with van der Waals surface area (Å²) in [5.41, 5.74) is 2.54. The summed E-state index contributed by atoms with van der Waals surface area (Å²) >= 11 is 0. The highest BCUT2D eigenvalue weighted by atomic mass is 16.5. The average molecular weight is 320 g/mol. The van der Waals surface area contributed by atoms with Crippen LogP contribution in [0.3, 0.4) is 0 Å². The summed E-state index contributed by atoms with van der Waals surface area (Å²) in [5.74, 6) is 0. The van der Waals surface area contributed by atoms with E-state index in [9.17, 15) is 5.21 Å². The van der Waals surface area contributed by atoms with Crippen molar-refractivity contribution >= 4 is 0 Å². The Morgan fingerprint density at radius 1 is 0.696 bits per heavy atom. The Labute approximate surface area is 144 Å². The molecule has 0 saturated carbocycles. The van der Waals surface area contributed by atoms with E-state index in [1.165, 1.54) is 76.2 Å². The molecule has 23 heavy (non-hydrogen) atoms. The second kappa shape index (κ2) is 11.6. The van der Waals surface area contributed by atoms with E-state index >= 15 is 0 Å². The molecule has 0 unspecified atom stereocenters. The molecule has 1 rings (SSSR count). The van der Waals surface area contributed by atoms with Crippen molar-refractivity contribution in [2.24, 2.45) is 0 Å². The number of hydrogen-bond acceptors (Lipinski definition) is 1. The second-order valence-corrected chi connectivity index (χ2v) is 7.48. The molecule has 1 aromatic rings. The fourth-order valence-corrected chi connectivity index (χ4v) is 3.07. The Bertz CT molecular complexity index is 391. The maximum atomic E-state index is 11.7. The summed E-state index contributed by atoms with van der Waals surface area (Å²) in [6.07, 6.45) is 15.0. The van der Waals surface area contributed by atoms with Crippen molar-refractivity contribution in [3.8, 4) is 0 Å². The van der Waals surface area contributed by atoms with Crippen LogP contribution < -0.4 is 0 Å². The van der Waals surface area contributed by atoms with Gasteiger partial charge in [0.15, 0.2) is 0 Å². The Morgan fingerprint density at radius 3 is 1.61 bits per heavy atom. The van der Waals surface area contributed by atoms with Gasteiger partial charge in [-0.05, 0) is 18.4 Å². The van der Waals surface area contributed by atoms with Crippen LogP contribution in [-0.4, -0.2) is 18.7 Å². The third kappa shape index (κ3) is 11.3. The lowest BCUT2D eigenvalue weighted by molar-refractivity contribution is -0.853. The van der Waals surface area contributed by atoms with Crippen LogP contribution in [0.2, 0.25) is 0 Å². The van der Waals surface area contributed by atoms with Crippen molar-refractivity contribution in [1.29, 1.82) is 0 Å². The molecule has 0 aliphatic carbocycles. The number of hydroxylamine groups is 3. The minimum Gasteiger partial charge on any atom is -0.633 e. The molecule has 0 aliphatic heterocycles. The molecule has 1 aromatic carbocycles. The molecular weight excluding hydrogens is 282 g/mol. The van der Waals surface area contributed by atoms with Gasteiger partial charge in [0.1, 0.15) is 6.54 Å². The van der Waals surface area contributed by atoms with Crippen LogP contribution in [0.15, 0.2) is 24.3 Å². The highest BCUT2D eigenvalue weighted by molar-refractivity contribution is 5.22. The number of benzene rings is 1. The van der Waals surface area contributed by atoms with E-state index in [1.54, 1.807) is 14.1 Å². The molecule has 0 saturated heterocycles. The predicted octanol–water partition coefficient (Wildman–Crippen LogP) is 6.22. The van der Waals surface area contributed by atoms with Gasteiger partial charge < -0.3 is 9.85 Å². The van der Waals surface area contributed by atoms with E-state index in [0.29, 0.717) is 6.54 Å². The Kier molecular flexibility index (Phi) is 10.2. The zero-order chi connectivity index (χ0) is 17.0. The smallest absolute Gasteiger partial charge is 0.104 e. The molecule has 2 heteroatoms. The van der Waals surface area contributed by atoms with E-state index < -0.39 is 0 Å². The molecular formula is C21H37NO. The topological polar surface area (TPSA) is 23.1 Å². The molecule has 0 radical (unpaired) electrons. The minimum absolute atomic E-state index is 0.252. The first-order valence-electron chi connectivity index (χ1n) is 9.63. The number of hydrogen-bond donors (Lipinski definition) is 0. The molecule has 0 bridgehead atoms. The molecule has 0 amide bonds. The zero-order valence-corrected chi connectivity index (χ0v) is 15.7. The quantitative estimate of drug-likeness (QED) is 0.240. The van der Waals surface area contributed by atoms with Gasteiger partial charge in [-0.15, -0.1) is 0 Å². The molecule has 2 nitrogen and oxygen atoms in total. The molecule has 132 valence electrons. The molecule has 0 fully saturated rings. The van der Waals surface area contributed by atoms with Crippen LogP contribution in [0.25, 0.3) is 0 Å². The second-order valence-electron chi connectivity index (χ2n) is 7.48. The van der Waals surface area contributed by atoms with Gasteiger partial charge in [-0.3, -0.25) is 0 Å². The van der Waals surface area contributed by atoms with E-state index in [1.807, 2.05) is 0 Å². The van der Waals surface area contributed by atoms with Gasteiger partial charge in [0, 0.05) is 5.56 Å². The van der Waals surface area contributed by atoms with Crippen molar-refractivity contribution in [1.82, 2.24) is 0 Å². The number of aryl methyl sites for hydroxylation is 1.